The Hall–Kier alpha value is -3.18. The molecule has 22 heavy (non-hydrogen) atoms. The van der Waals surface area contributed by atoms with E-state index in [9.17, 15) is 8.78 Å². The third-order valence-electron chi connectivity index (χ3n) is 2.82. The van der Waals surface area contributed by atoms with E-state index < -0.39 is 11.6 Å². The summed E-state index contributed by atoms with van der Waals surface area (Å²) in [6.07, 6.45) is 1.46. The number of benzene rings is 2. The van der Waals surface area contributed by atoms with Crippen LogP contribution in [0.1, 0.15) is 11.1 Å². The van der Waals surface area contributed by atoms with Crippen LogP contribution in [0.25, 0.3) is 6.08 Å². The van der Waals surface area contributed by atoms with Crippen LogP contribution in [-0.2, 0) is 6.61 Å². The maximum Gasteiger partial charge on any atom is 0.167 e. The highest BCUT2D eigenvalue weighted by Crippen LogP contribution is 2.19. The monoisotopic (exact) mass is 296 g/mol. The number of allylic oxidation sites excluding steroid dienone is 1. The summed E-state index contributed by atoms with van der Waals surface area (Å²) in [5, 5.41) is 17.3. The highest BCUT2D eigenvalue weighted by atomic mass is 19.1. The molecular formula is C17H10F2N2O. The second kappa shape index (κ2) is 7.01. The van der Waals surface area contributed by atoms with E-state index in [4.69, 9.17) is 15.3 Å². The molecule has 0 aliphatic heterocycles. The Morgan fingerprint density at radius 2 is 1.73 bits per heavy atom. The first-order chi connectivity index (χ1) is 10.6. The molecule has 0 N–H and O–H groups in total. The van der Waals surface area contributed by atoms with Crippen LogP contribution in [-0.4, -0.2) is 0 Å². The summed E-state index contributed by atoms with van der Waals surface area (Å²) in [7, 11) is 0. The first kappa shape index (κ1) is 15.2. The van der Waals surface area contributed by atoms with Gasteiger partial charge in [0.1, 0.15) is 30.1 Å². The fraction of sp³-hybridized carbons (Fsp3) is 0.0588. The molecule has 0 fully saturated rings. The van der Waals surface area contributed by atoms with E-state index in [1.54, 1.807) is 36.4 Å². The van der Waals surface area contributed by atoms with Crippen molar-refractivity contribution in [1.82, 2.24) is 0 Å². The van der Waals surface area contributed by atoms with Gasteiger partial charge in [0.15, 0.2) is 11.6 Å². The van der Waals surface area contributed by atoms with Crippen molar-refractivity contribution in [2.75, 3.05) is 0 Å². The molecule has 0 radical (unpaired) electrons. The lowest BCUT2D eigenvalue weighted by Crippen LogP contribution is -1.97. The Kier molecular flexibility index (Phi) is 4.85. The third-order valence-corrected chi connectivity index (χ3v) is 2.82. The molecule has 0 saturated heterocycles. The minimum Gasteiger partial charge on any atom is -0.486 e. The van der Waals surface area contributed by atoms with Crippen molar-refractivity contribution in [3.8, 4) is 17.9 Å². The second-order valence-electron chi connectivity index (χ2n) is 4.39. The lowest BCUT2D eigenvalue weighted by atomic mass is 10.1. The van der Waals surface area contributed by atoms with E-state index in [1.807, 2.05) is 0 Å². The zero-order chi connectivity index (χ0) is 15.9. The van der Waals surface area contributed by atoms with Crippen molar-refractivity contribution in [3.63, 3.8) is 0 Å². The molecule has 5 heteroatoms. The molecule has 2 aromatic carbocycles. The maximum atomic E-state index is 13.4. The molecule has 3 nitrogen and oxygen atoms in total. The van der Waals surface area contributed by atoms with Crippen molar-refractivity contribution in [1.29, 1.82) is 10.5 Å². The highest BCUT2D eigenvalue weighted by Gasteiger charge is 2.05. The van der Waals surface area contributed by atoms with E-state index in [0.29, 0.717) is 5.56 Å². The molecule has 0 aliphatic carbocycles. The number of ether oxygens (including phenoxy) is 1. The van der Waals surface area contributed by atoms with Crippen LogP contribution in [0.3, 0.4) is 0 Å². The van der Waals surface area contributed by atoms with E-state index in [-0.39, 0.29) is 17.9 Å². The molecule has 0 spiro atoms. The van der Waals surface area contributed by atoms with Crippen molar-refractivity contribution in [3.05, 3.63) is 70.8 Å². The van der Waals surface area contributed by atoms with Crippen LogP contribution in [0, 0.1) is 34.3 Å². The van der Waals surface area contributed by atoms with Crippen LogP contribution in [0.4, 0.5) is 8.78 Å². The Labute approximate surface area is 126 Å². The van der Waals surface area contributed by atoms with Gasteiger partial charge in [-0.2, -0.15) is 10.5 Å². The van der Waals surface area contributed by atoms with Crippen molar-refractivity contribution in [2.45, 2.75) is 6.61 Å². The van der Waals surface area contributed by atoms with Crippen molar-refractivity contribution in [2.24, 2.45) is 0 Å². The normalized spacial score (nSPS) is 9.45. The number of rotatable bonds is 4. The van der Waals surface area contributed by atoms with Gasteiger partial charge in [-0.1, -0.05) is 24.3 Å². The Bertz CT molecular complexity index is 768. The van der Waals surface area contributed by atoms with Gasteiger partial charge in [-0.25, -0.2) is 8.78 Å². The molecule has 0 unspecified atom stereocenters. The SMILES string of the molecule is N#CC(C#N)=Cc1ccc(COc2ccc(F)cc2F)cc1. The fourth-order valence-corrected chi connectivity index (χ4v) is 1.72. The van der Waals surface area contributed by atoms with Gasteiger partial charge < -0.3 is 4.74 Å². The third kappa shape index (κ3) is 3.91. The van der Waals surface area contributed by atoms with Gasteiger partial charge in [0, 0.05) is 6.07 Å². The summed E-state index contributed by atoms with van der Waals surface area (Å²) in [5.74, 6) is -1.44. The summed E-state index contributed by atoms with van der Waals surface area (Å²) >= 11 is 0. The van der Waals surface area contributed by atoms with Crippen LogP contribution < -0.4 is 4.74 Å². The summed E-state index contributed by atoms with van der Waals surface area (Å²) in [6.45, 7) is 0.121. The lowest BCUT2D eigenvalue weighted by molar-refractivity contribution is 0.289. The first-order valence-electron chi connectivity index (χ1n) is 6.31. The Morgan fingerprint density at radius 3 is 2.32 bits per heavy atom. The average molecular weight is 296 g/mol. The number of nitriles is 2. The molecule has 0 aliphatic rings. The summed E-state index contributed by atoms with van der Waals surface area (Å²) in [4.78, 5) is 0. The second-order valence-corrected chi connectivity index (χ2v) is 4.39. The smallest absolute Gasteiger partial charge is 0.167 e. The largest absolute Gasteiger partial charge is 0.486 e. The first-order valence-corrected chi connectivity index (χ1v) is 6.31. The molecular weight excluding hydrogens is 286 g/mol. The molecule has 0 saturated carbocycles. The molecule has 2 aromatic rings. The summed E-state index contributed by atoms with van der Waals surface area (Å²) in [5.41, 5.74) is 1.49. The molecule has 108 valence electrons. The van der Waals surface area contributed by atoms with E-state index in [0.717, 1.165) is 17.7 Å². The minimum absolute atomic E-state index is 0.0115. The minimum atomic E-state index is -0.757. The van der Waals surface area contributed by atoms with E-state index in [1.165, 1.54) is 12.1 Å². The quantitative estimate of drug-likeness (QED) is 0.802. The molecule has 0 amide bonds. The highest BCUT2D eigenvalue weighted by molar-refractivity contribution is 5.61. The number of hydrogen-bond donors (Lipinski definition) is 0. The Balaban J connectivity index is 2.05. The van der Waals surface area contributed by atoms with E-state index in [2.05, 4.69) is 0 Å². The van der Waals surface area contributed by atoms with Crippen molar-refractivity contribution >= 4 is 6.08 Å². The van der Waals surface area contributed by atoms with Crippen LogP contribution in [0.2, 0.25) is 0 Å². The van der Waals surface area contributed by atoms with E-state index >= 15 is 0 Å². The van der Waals surface area contributed by atoms with Crippen LogP contribution >= 0.6 is 0 Å². The van der Waals surface area contributed by atoms with Gasteiger partial charge in [-0.3, -0.25) is 0 Å². The lowest BCUT2D eigenvalue weighted by Gasteiger charge is -2.07. The number of nitrogens with zero attached hydrogens (tertiary/aromatic N) is 2. The predicted molar refractivity (Wildman–Crippen MR) is 76.3 cm³/mol. The zero-order valence-electron chi connectivity index (χ0n) is 11.4. The van der Waals surface area contributed by atoms with Gasteiger partial charge in [-0.15, -0.1) is 0 Å². The maximum absolute atomic E-state index is 13.4. The van der Waals surface area contributed by atoms with Crippen LogP contribution in [0.5, 0.6) is 5.75 Å². The van der Waals surface area contributed by atoms with Gasteiger partial charge >= 0.3 is 0 Å². The topological polar surface area (TPSA) is 56.8 Å². The average Bonchev–Trinajstić information content (AvgIpc) is 2.53. The van der Waals surface area contributed by atoms with Gasteiger partial charge in [0.05, 0.1) is 0 Å². The van der Waals surface area contributed by atoms with Crippen LogP contribution in [0.15, 0.2) is 48.0 Å². The summed E-state index contributed by atoms with van der Waals surface area (Å²) < 4.78 is 31.5. The standard InChI is InChI=1S/C17H10F2N2O/c18-15-5-6-17(16(19)8-15)22-11-13-3-1-12(2-4-13)7-14(9-20)10-21/h1-8H,11H2. The van der Waals surface area contributed by atoms with Crippen molar-refractivity contribution < 1.29 is 13.5 Å². The molecule has 0 atom stereocenters. The number of hydrogen-bond acceptors (Lipinski definition) is 3. The van der Waals surface area contributed by atoms with Gasteiger partial charge in [-0.05, 0) is 29.3 Å². The predicted octanol–water partition coefficient (Wildman–Crippen LogP) is 3.97. The zero-order valence-corrected chi connectivity index (χ0v) is 11.4. The molecule has 0 heterocycles. The molecule has 2 rings (SSSR count). The Morgan fingerprint density at radius 1 is 1.05 bits per heavy atom. The molecule has 0 bridgehead atoms. The van der Waals surface area contributed by atoms with Gasteiger partial charge in [0.2, 0.25) is 0 Å². The van der Waals surface area contributed by atoms with Gasteiger partial charge in [0.25, 0.3) is 0 Å². The number of halogens is 2. The fourth-order valence-electron chi connectivity index (χ4n) is 1.72. The molecule has 0 aromatic heterocycles. The summed E-state index contributed by atoms with van der Waals surface area (Å²) in [6, 6.07) is 13.6.